The molecule has 2 N–H and O–H groups in total. The van der Waals surface area contributed by atoms with Crippen LogP contribution in [-0.2, 0) is 11.2 Å². The largest absolute Gasteiger partial charge is 0.465 e. The molecule has 0 atom stereocenters. The minimum atomic E-state index is -0.387. The van der Waals surface area contributed by atoms with Crippen molar-refractivity contribution < 1.29 is 14.3 Å². The fraction of sp³-hybridized carbons (Fsp3) is 0.360. The summed E-state index contributed by atoms with van der Waals surface area (Å²) in [7, 11) is 1.36. The standard InChI is InChI=1S/C25H29N3O3/c1-31-25(30)20-7-8-22-21(16-20)17-23(27-22)24(29)26-11-14-28-12-9-19(10-13-28)15-18-5-3-2-4-6-18/h2-8,16-17,19,27H,9-15H2,1H3,(H,26,29). The van der Waals surface area contributed by atoms with Crippen molar-refractivity contribution in [1.82, 2.24) is 15.2 Å². The predicted molar refractivity (Wildman–Crippen MR) is 121 cm³/mol. The quantitative estimate of drug-likeness (QED) is 0.574. The van der Waals surface area contributed by atoms with Crippen LogP contribution in [0.15, 0.2) is 54.6 Å². The molecule has 2 aromatic carbocycles. The number of aromatic nitrogens is 1. The molecule has 2 heterocycles. The third kappa shape index (κ3) is 5.33. The van der Waals surface area contributed by atoms with E-state index in [0.29, 0.717) is 17.8 Å². The van der Waals surface area contributed by atoms with E-state index >= 15 is 0 Å². The number of amides is 1. The van der Waals surface area contributed by atoms with Crippen LogP contribution in [0.1, 0.15) is 39.3 Å². The number of piperidine rings is 1. The molecule has 1 aliphatic rings. The van der Waals surface area contributed by atoms with Crippen molar-refractivity contribution in [3.63, 3.8) is 0 Å². The lowest BCUT2D eigenvalue weighted by Gasteiger charge is -2.32. The third-order valence-corrected chi connectivity index (χ3v) is 6.07. The van der Waals surface area contributed by atoms with Gasteiger partial charge < -0.3 is 19.9 Å². The molecule has 1 fully saturated rings. The molecule has 0 bridgehead atoms. The number of hydrogen-bond acceptors (Lipinski definition) is 4. The number of hydrogen-bond donors (Lipinski definition) is 2. The number of benzene rings is 2. The minimum absolute atomic E-state index is 0.130. The molecule has 1 aliphatic heterocycles. The van der Waals surface area contributed by atoms with Gasteiger partial charge in [0, 0.05) is 24.0 Å². The zero-order valence-corrected chi connectivity index (χ0v) is 17.9. The number of nitrogens with zero attached hydrogens (tertiary/aromatic N) is 1. The van der Waals surface area contributed by atoms with E-state index in [2.05, 4.69) is 45.5 Å². The van der Waals surface area contributed by atoms with Crippen molar-refractivity contribution >= 4 is 22.8 Å². The zero-order chi connectivity index (χ0) is 21.6. The number of ether oxygens (including phenoxy) is 1. The maximum absolute atomic E-state index is 12.5. The molecule has 0 saturated carbocycles. The van der Waals surface area contributed by atoms with Gasteiger partial charge in [-0.2, -0.15) is 0 Å². The summed E-state index contributed by atoms with van der Waals surface area (Å²) in [5, 5.41) is 3.82. The Labute approximate surface area is 182 Å². The molecular formula is C25H29N3O3. The molecule has 31 heavy (non-hydrogen) atoms. The van der Waals surface area contributed by atoms with Crippen LogP contribution in [-0.4, -0.2) is 55.0 Å². The van der Waals surface area contributed by atoms with Crippen LogP contribution < -0.4 is 5.32 Å². The molecular weight excluding hydrogens is 390 g/mol. The van der Waals surface area contributed by atoms with Crippen LogP contribution in [0, 0.1) is 5.92 Å². The van der Waals surface area contributed by atoms with Gasteiger partial charge in [-0.3, -0.25) is 4.79 Å². The van der Waals surface area contributed by atoms with Crippen molar-refractivity contribution in [2.45, 2.75) is 19.3 Å². The fourth-order valence-electron chi connectivity index (χ4n) is 4.28. The van der Waals surface area contributed by atoms with Gasteiger partial charge in [0.05, 0.1) is 12.7 Å². The van der Waals surface area contributed by atoms with Gasteiger partial charge in [0.2, 0.25) is 0 Å². The number of nitrogens with one attached hydrogen (secondary N) is 2. The van der Waals surface area contributed by atoms with E-state index in [0.717, 1.165) is 42.9 Å². The van der Waals surface area contributed by atoms with E-state index in [1.165, 1.54) is 25.5 Å². The molecule has 1 saturated heterocycles. The minimum Gasteiger partial charge on any atom is -0.465 e. The van der Waals surface area contributed by atoms with Gasteiger partial charge in [0.1, 0.15) is 5.69 Å². The summed E-state index contributed by atoms with van der Waals surface area (Å²) in [6.07, 6.45) is 3.56. The first-order chi connectivity index (χ1) is 15.1. The second kappa shape index (κ2) is 9.79. The SMILES string of the molecule is COC(=O)c1ccc2[nH]c(C(=O)NCCN3CCC(Cc4ccccc4)CC3)cc2c1. The van der Waals surface area contributed by atoms with E-state index in [4.69, 9.17) is 4.74 Å². The highest BCUT2D eigenvalue weighted by molar-refractivity contribution is 6.00. The average molecular weight is 420 g/mol. The summed E-state index contributed by atoms with van der Waals surface area (Å²) in [5.41, 5.74) is 3.21. The Morgan fingerprint density at radius 2 is 1.87 bits per heavy atom. The summed E-state index contributed by atoms with van der Waals surface area (Å²) in [6, 6.07) is 17.7. The Morgan fingerprint density at radius 1 is 1.10 bits per heavy atom. The van der Waals surface area contributed by atoms with E-state index in [1.54, 1.807) is 24.3 Å². The number of H-pyrrole nitrogens is 1. The second-order valence-electron chi connectivity index (χ2n) is 8.21. The number of fused-ring (bicyclic) bond motifs is 1. The van der Waals surface area contributed by atoms with Gasteiger partial charge in [0.15, 0.2) is 0 Å². The first-order valence-electron chi connectivity index (χ1n) is 10.9. The van der Waals surface area contributed by atoms with E-state index in [9.17, 15) is 9.59 Å². The lowest BCUT2D eigenvalue weighted by Crippen LogP contribution is -2.40. The first kappa shape index (κ1) is 21.1. The smallest absolute Gasteiger partial charge is 0.337 e. The van der Waals surface area contributed by atoms with Crippen molar-refractivity contribution in [2.75, 3.05) is 33.3 Å². The molecule has 0 radical (unpaired) electrons. The molecule has 0 spiro atoms. The lowest BCUT2D eigenvalue weighted by molar-refractivity contribution is 0.0600. The third-order valence-electron chi connectivity index (χ3n) is 6.07. The van der Waals surface area contributed by atoms with Crippen LogP contribution in [0.3, 0.4) is 0 Å². The Morgan fingerprint density at radius 3 is 2.61 bits per heavy atom. The monoisotopic (exact) mass is 419 g/mol. The number of methoxy groups -OCH3 is 1. The highest BCUT2D eigenvalue weighted by Gasteiger charge is 2.19. The van der Waals surface area contributed by atoms with Gasteiger partial charge in [0.25, 0.3) is 5.91 Å². The van der Waals surface area contributed by atoms with Crippen LogP contribution in [0.25, 0.3) is 10.9 Å². The molecule has 4 rings (SSSR count). The van der Waals surface area contributed by atoms with Gasteiger partial charge in [-0.1, -0.05) is 30.3 Å². The number of carbonyl (C=O) groups excluding carboxylic acids is 2. The summed E-state index contributed by atoms with van der Waals surface area (Å²) < 4.78 is 4.75. The topological polar surface area (TPSA) is 74.4 Å². The molecule has 6 nitrogen and oxygen atoms in total. The molecule has 1 aromatic heterocycles. The summed E-state index contributed by atoms with van der Waals surface area (Å²) in [6.45, 7) is 3.63. The molecule has 0 unspecified atom stereocenters. The van der Waals surface area contributed by atoms with Crippen LogP contribution in [0.5, 0.6) is 0 Å². The Bertz CT molecular complexity index is 1040. The normalized spacial score (nSPS) is 15.1. The van der Waals surface area contributed by atoms with Gasteiger partial charge in [-0.15, -0.1) is 0 Å². The zero-order valence-electron chi connectivity index (χ0n) is 17.9. The van der Waals surface area contributed by atoms with Crippen molar-refractivity contribution in [3.8, 4) is 0 Å². The summed E-state index contributed by atoms with van der Waals surface area (Å²) in [4.78, 5) is 29.8. The second-order valence-corrected chi connectivity index (χ2v) is 8.21. The Balaban J connectivity index is 1.23. The predicted octanol–water partition coefficient (Wildman–Crippen LogP) is 3.64. The van der Waals surface area contributed by atoms with Gasteiger partial charge in [-0.25, -0.2) is 4.79 Å². The molecule has 162 valence electrons. The highest BCUT2D eigenvalue weighted by atomic mass is 16.5. The van der Waals surface area contributed by atoms with E-state index in [1.807, 2.05) is 0 Å². The molecule has 0 aliphatic carbocycles. The Hall–Kier alpha value is -3.12. The molecule has 6 heteroatoms. The Kier molecular flexibility index (Phi) is 6.67. The average Bonchev–Trinajstić information content (AvgIpc) is 3.24. The summed E-state index contributed by atoms with van der Waals surface area (Å²) >= 11 is 0. The maximum atomic E-state index is 12.5. The number of rotatable bonds is 7. The fourth-order valence-corrected chi connectivity index (χ4v) is 4.28. The van der Waals surface area contributed by atoms with Crippen LogP contribution in [0.4, 0.5) is 0 Å². The summed E-state index contributed by atoms with van der Waals surface area (Å²) in [5.74, 6) is 0.228. The van der Waals surface area contributed by atoms with E-state index in [-0.39, 0.29) is 11.9 Å². The van der Waals surface area contributed by atoms with Gasteiger partial charge in [-0.05, 0) is 68.1 Å². The molecule has 3 aromatic rings. The number of carbonyl (C=O) groups is 2. The van der Waals surface area contributed by atoms with Crippen LogP contribution >= 0.6 is 0 Å². The lowest BCUT2D eigenvalue weighted by atomic mass is 9.90. The van der Waals surface area contributed by atoms with E-state index < -0.39 is 0 Å². The molecule has 1 amide bonds. The first-order valence-corrected chi connectivity index (χ1v) is 10.9. The number of likely N-dealkylation sites (tertiary alicyclic amines) is 1. The van der Waals surface area contributed by atoms with Crippen LogP contribution in [0.2, 0.25) is 0 Å². The maximum Gasteiger partial charge on any atom is 0.337 e. The van der Waals surface area contributed by atoms with Crippen molar-refractivity contribution in [3.05, 3.63) is 71.4 Å². The van der Waals surface area contributed by atoms with Crippen molar-refractivity contribution in [2.24, 2.45) is 5.92 Å². The van der Waals surface area contributed by atoms with Gasteiger partial charge >= 0.3 is 5.97 Å². The number of aromatic amines is 1. The number of esters is 1. The highest BCUT2D eigenvalue weighted by Crippen LogP contribution is 2.21. The van der Waals surface area contributed by atoms with Crippen molar-refractivity contribution in [1.29, 1.82) is 0 Å².